The summed E-state index contributed by atoms with van der Waals surface area (Å²) in [6.45, 7) is 3.06. The lowest BCUT2D eigenvalue weighted by Gasteiger charge is -2.18. The normalized spacial score (nSPS) is 12.6. The van der Waals surface area contributed by atoms with E-state index in [1.807, 2.05) is 24.3 Å². The highest BCUT2D eigenvalue weighted by atomic mass is 35.5. The van der Waals surface area contributed by atoms with Crippen LogP contribution >= 0.6 is 46.1 Å². The van der Waals surface area contributed by atoms with Crippen LogP contribution in [-0.4, -0.2) is 6.54 Å². The van der Waals surface area contributed by atoms with Gasteiger partial charge < -0.3 is 5.32 Å². The summed E-state index contributed by atoms with van der Waals surface area (Å²) in [7, 11) is 0. The van der Waals surface area contributed by atoms with Gasteiger partial charge in [0.25, 0.3) is 0 Å². The van der Waals surface area contributed by atoms with Crippen molar-refractivity contribution in [1.29, 1.82) is 0 Å². The predicted octanol–water partition coefficient (Wildman–Crippen LogP) is 5.80. The first-order valence-electron chi connectivity index (χ1n) is 6.04. The Morgan fingerprint density at radius 1 is 1.11 bits per heavy atom. The zero-order valence-electron chi connectivity index (χ0n) is 10.4. The van der Waals surface area contributed by atoms with Gasteiger partial charge >= 0.3 is 0 Å². The lowest BCUT2D eigenvalue weighted by molar-refractivity contribution is 0.606. The van der Waals surface area contributed by atoms with Gasteiger partial charge in [0, 0.05) is 14.9 Å². The zero-order chi connectivity index (χ0) is 13.8. The van der Waals surface area contributed by atoms with E-state index in [1.54, 1.807) is 17.4 Å². The molecule has 102 valence electrons. The van der Waals surface area contributed by atoms with Gasteiger partial charge in [-0.3, -0.25) is 0 Å². The van der Waals surface area contributed by atoms with Crippen LogP contribution in [0.4, 0.5) is 0 Å². The molecule has 1 heterocycles. The van der Waals surface area contributed by atoms with Gasteiger partial charge in [0.05, 0.1) is 10.4 Å². The van der Waals surface area contributed by atoms with Crippen LogP contribution in [0.2, 0.25) is 14.4 Å². The van der Waals surface area contributed by atoms with Crippen LogP contribution in [0.1, 0.15) is 29.8 Å². The summed E-state index contributed by atoms with van der Waals surface area (Å²) >= 11 is 19.8. The number of thiophene rings is 1. The highest BCUT2D eigenvalue weighted by molar-refractivity contribution is 7.16. The summed E-state index contributed by atoms with van der Waals surface area (Å²) in [6.07, 6.45) is 1.06. The SMILES string of the molecule is CCCNC(c1cc(Cl)cc(Cl)c1)c1ccc(Cl)s1. The van der Waals surface area contributed by atoms with Crippen molar-refractivity contribution >= 4 is 46.1 Å². The number of nitrogens with one attached hydrogen (secondary N) is 1. The maximum atomic E-state index is 6.09. The second-order valence-electron chi connectivity index (χ2n) is 4.23. The lowest BCUT2D eigenvalue weighted by atomic mass is 10.1. The Morgan fingerprint density at radius 3 is 2.32 bits per heavy atom. The Hall–Kier alpha value is -0.250. The molecule has 1 aromatic heterocycles. The molecule has 2 rings (SSSR count). The highest BCUT2D eigenvalue weighted by Gasteiger charge is 2.16. The molecule has 0 amide bonds. The smallest absolute Gasteiger partial charge is 0.0931 e. The summed E-state index contributed by atoms with van der Waals surface area (Å²) in [4.78, 5) is 1.16. The van der Waals surface area contributed by atoms with Crippen molar-refractivity contribution in [2.75, 3.05) is 6.54 Å². The quantitative estimate of drug-likeness (QED) is 0.729. The molecule has 0 bridgehead atoms. The third kappa shape index (κ3) is 4.11. The van der Waals surface area contributed by atoms with Crippen molar-refractivity contribution in [1.82, 2.24) is 5.32 Å². The molecule has 19 heavy (non-hydrogen) atoms. The highest BCUT2D eigenvalue weighted by Crippen LogP contribution is 2.33. The molecule has 1 N–H and O–H groups in total. The van der Waals surface area contributed by atoms with E-state index in [2.05, 4.69) is 12.2 Å². The van der Waals surface area contributed by atoms with E-state index in [1.165, 1.54) is 0 Å². The van der Waals surface area contributed by atoms with E-state index in [4.69, 9.17) is 34.8 Å². The van der Waals surface area contributed by atoms with Gasteiger partial charge in [0.2, 0.25) is 0 Å². The molecule has 0 saturated carbocycles. The van der Waals surface area contributed by atoms with Crippen LogP contribution in [0, 0.1) is 0 Å². The van der Waals surface area contributed by atoms with Crippen LogP contribution in [0.15, 0.2) is 30.3 Å². The third-order valence-corrected chi connectivity index (χ3v) is 4.43. The van der Waals surface area contributed by atoms with Gasteiger partial charge in [-0.1, -0.05) is 41.7 Å². The third-order valence-electron chi connectivity index (χ3n) is 2.70. The fourth-order valence-electron chi connectivity index (χ4n) is 1.90. The van der Waals surface area contributed by atoms with E-state index in [-0.39, 0.29) is 6.04 Å². The molecule has 0 aliphatic carbocycles. The van der Waals surface area contributed by atoms with Gasteiger partial charge in [0.15, 0.2) is 0 Å². The minimum Gasteiger partial charge on any atom is -0.306 e. The Bertz CT molecular complexity index is 533. The Labute approximate surface area is 132 Å². The standard InChI is InChI=1S/C14H14Cl3NS/c1-2-5-18-14(12-3-4-13(17)19-12)9-6-10(15)8-11(16)7-9/h3-4,6-8,14,18H,2,5H2,1H3. The van der Waals surface area contributed by atoms with Crippen molar-refractivity contribution < 1.29 is 0 Å². The van der Waals surface area contributed by atoms with Crippen LogP contribution in [0.5, 0.6) is 0 Å². The monoisotopic (exact) mass is 333 g/mol. The molecular weight excluding hydrogens is 321 g/mol. The van der Waals surface area contributed by atoms with Crippen molar-refractivity contribution in [2.24, 2.45) is 0 Å². The van der Waals surface area contributed by atoms with E-state index in [0.29, 0.717) is 10.0 Å². The number of hydrogen-bond donors (Lipinski definition) is 1. The van der Waals surface area contributed by atoms with Gasteiger partial charge in [-0.2, -0.15) is 0 Å². The van der Waals surface area contributed by atoms with Crippen LogP contribution < -0.4 is 5.32 Å². The molecule has 2 aromatic rings. The first-order chi connectivity index (χ1) is 9.10. The minimum absolute atomic E-state index is 0.0775. The maximum Gasteiger partial charge on any atom is 0.0931 e. The fourth-order valence-corrected chi connectivity index (χ4v) is 3.60. The van der Waals surface area contributed by atoms with Gasteiger partial charge in [0.1, 0.15) is 0 Å². The van der Waals surface area contributed by atoms with Gasteiger partial charge in [-0.05, 0) is 48.9 Å². The van der Waals surface area contributed by atoms with Crippen molar-refractivity contribution in [3.8, 4) is 0 Å². The van der Waals surface area contributed by atoms with E-state index in [9.17, 15) is 0 Å². The second-order valence-corrected chi connectivity index (χ2v) is 6.85. The predicted molar refractivity (Wildman–Crippen MR) is 85.9 cm³/mol. The minimum atomic E-state index is 0.0775. The summed E-state index contributed by atoms with van der Waals surface area (Å²) in [6, 6.07) is 9.64. The van der Waals surface area contributed by atoms with Crippen molar-refractivity contribution in [3.05, 3.63) is 55.2 Å². The molecule has 0 spiro atoms. The summed E-state index contributed by atoms with van der Waals surface area (Å²) in [5.74, 6) is 0. The molecule has 1 atom stereocenters. The van der Waals surface area contributed by atoms with Gasteiger partial charge in [-0.25, -0.2) is 0 Å². The van der Waals surface area contributed by atoms with Gasteiger partial charge in [-0.15, -0.1) is 11.3 Å². The first-order valence-corrected chi connectivity index (χ1v) is 8.00. The van der Waals surface area contributed by atoms with Crippen LogP contribution in [0.25, 0.3) is 0 Å². The molecule has 0 saturated heterocycles. The van der Waals surface area contributed by atoms with Crippen molar-refractivity contribution in [2.45, 2.75) is 19.4 Å². The van der Waals surface area contributed by atoms with Crippen LogP contribution in [0.3, 0.4) is 0 Å². The number of halogens is 3. The molecule has 0 aliphatic heterocycles. The molecule has 1 nitrogen and oxygen atoms in total. The molecule has 1 aromatic carbocycles. The Balaban J connectivity index is 2.36. The number of benzene rings is 1. The second kappa shape index (κ2) is 6.96. The molecule has 5 heteroatoms. The topological polar surface area (TPSA) is 12.0 Å². The molecule has 0 radical (unpaired) electrons. The largest absolute Gasteiger partial charge is 0.306 e. The molecule has 0 aliphatic rings. The van der Waals surface area contributed by atoms with Crippen molar-refractivity contribution in [3.63, 3.8) is 0 Å². The molecule has 0 fully saturated rings. The fraction of sp³-hybridized carbons (Fsp3) is 0.286. The average molecular weight is 335 g/mol. The lowest BCUT2D eigenvalue weighted by Crippen LogP contribution is -2.22. The van der Waals surface area contributed by atoms with E-state index < -0.39 is 0 Å². The Kier molecular flexibility index (Phi) is 5.55. The zero-order valence-corrected chi connectivity index (χ0v) is 13.5. The first kappa shape index (κ1) is 15.1. The number of hydrogen-bond acceptors (Lipinski definition) is 2. The molecular formula is C14H14Cl3NS. The average Bonchev–Trinajstić information content (AvgIpc) is 2.75. The summed E-state index contributed by atoms with van der Waals surface area (Å²) in [5.41, 5.74) is 1.06. The van der Waals surface area contributed by atoms with E-state index >= 15 is 0 Å². The molecule has 1 unspecified atom stereocenters. The number of rotatable bonds is 5. The summed E-state index contributed by atoms with van der Waals surface area (Å²) in [5, 5.41) is 4.80. The maximum absolute atomic E-state index is 6.09. The Morgan fingerprint density at radius 2 is 1.79 bits per heavy atom. The van der Waals surface area contributed by atoms with Crippen LogP contribution in [-0.2, 0) is 0 Å². The summed E-state index contributed by atoms with van der Waals surface area (Å²) < 4.78 is 0.784. The van der Waals surface area contributed by atoms with E-state index in [0.717, 1.165) is 27.7 Å².